The number of nitrogens with one attached hydrogen (secondary N) is 1. The van der Waals surface area contributed by atoms with Crippen molar-refractivity contribution < 1.29 is 18.0 Å². The minimum absolute atomic E-state index is 0.0965. The summed E-state index contributed by atoms with van der Waals surface area (Å²) in [4.78, 5) is 38.5. The van der Waals surface area contributed by atoms with E-state index in [4.69, 9.17) is 11.6 Å². The SMILES string of the molecule is C=CC(=O)N1CCN(S(C)(=O)=O)[C@H](c2cc(Cl)nc(-c3nccc(C(=O)NC)n3)c2)[C@H]1C. The lowest BCUT2D eigenvalue weighted by Gasteiger charge is -2.45. The van der Waals surface area contributed by atoms with E-state index in [1.807, 2.05) is 0 Å². The van der Waals surface area contributed by atoms with Gasteiger partial charge in [0.05, 0.1) is 12.3 Å². The number of piperazine rings is 1. The monoisotopic (exact) mass is 478 g/mol. The summed E-state index contributed by atoms with van der Waals surface area (Å²) in [6.45, 7) is 5.64. The van der Waals surface area contributed by atoms with E-state index in [9.17, 15) is 18.0 Å². The van der Waals surface area contributed by atoms with Crippen molar-refractivity contribution in [2.45, 2.75) is 19.0 Å². The fourth-order valence-electron chi connectivity index (χ4n) is 3.74. The van der Waals surface area contributed by atoms with E-state index in [-0.39, 0.29) is 41.4 Å². The van der Waals surface area contributed by atoms with Gasteiger partial charge in [-0.3, -0.25) is 9.59 Å². The lowest BCUT2D eigenvalue weighted by molar-refractivity contribution is -0.131. The highest BCUT2D eigenvalue weighted by atomic mass is 35.5. The molecule has 10 nitrogen and oxygen atoms in total. The molecule has 0 aromatic carbocycles. The van der Waals surface area contributed by atoms with Gasteiger partial charge in [-0.25, -0.2) is 23.4 Å². The third-order valence-electron chi connectivity index (χ3n) is 5.21. The van der Waals surface area contributed by atoms with Crippen LogP contribution in [0, 0.1) is 0 Å². The molecule has 170 valence electrons. The molecular weight excluding hydrogens is 456 g/mol. The molecule has 3 heterocycles. The van der Waals surface area contributed by atoms with Crippen LogP contribution in [0.2, 0.25) is 5.15 Å². The third kappa shape index (κ3) is 4.79. The Morgan fingerprint density at radius 1 is 1.28 bits per heavy atom. The zero-order valence-corrected chi connectivity index (χ0v) is 19.4. The standard InChI is InChI=1S/C20H23ClN6O4S/c1-5-17(28)26-8-9-27(32(4,30)31)18(12(26)2)13-10-15(24-16(21)11-13)19-23-7-6-14(25-19)20(29)22-3/h5-7,10-12,18H,1,8-9H2,2-4H3,(H,22,29)/t12-,18+/m1/s1. The Bertz CT molecular complexity index is 1170. The molecule has 2 aromatic heterocycles. The Morgan fingerprint density at radius 2 is 2.00 bits per heavy atom. The zero-order valence-electron chi connectivity index (χ0n) is 17.8. The van der Waals surface area contributed by atoms with E-state index < -0.39 is 28.0 Å². The number of aromatic nitrogens is 3. The summed E-state index contributed by atoms with van der Waals surface area (Å²) < 4.78 is 26.4. The van der Waals surface area contributed by atoms with Gasteiger partial charge in [-0.05, 0) is 36.8 Å². The van der Waals surface area contributed by atoms with Crippen molar-refractivity contribution in [3.05, 3.63) is 53.5 Å². The predicted molar refractivity (Wildman–Crippen MR) is 119 cm³/mol. The van der Waals surface area contributed by atoms with Crippen LogP contribution in [0.25, 0.3) is 11.5 Å². The quantitative estimate of drug-likeness (QED) is 0.506. The highest BCUT2D eigenvalue weighted by molar-refractivity contribution is 7.88. The van der Waals surface area contributed by atoms with E-state index in [0.717, 1.165) is 6.26 Å². The molecule has 1 aliphatic heterocycles. The Labute approximate surface area is 191 Å². The van der Waals surface area contributed by atoms with E-state index in [1.54, 1.807) is 24.0 Å². The minimum atomic E-state index is -3.60. The predicted octanol–water partition coefficient (Wildman–Crippen LogP) is 1.27. The van der Waals surface area contributed by atoms with Gasteiger partial charge in [-0.2, -0.15) is 4.31 Å². The molecule has 32 heavy (non-hydrogen) atoms. The molecule has 2 aromatic rings. The second-order valence-corrected chi connectivity index (χ2v) is 9.57. The van der Waals surface area contributed by atoms with Crippen molar-refractivity contribution in [1.29, 1.82) is 0 Å². The van der Waals surface area contributed by atoms with E-state index in [0.29, 0.717) is 5.56 Å². The number of carbonyl (C=O) groups excluding carboxylic acids is 2. The average molecular weight is 479 g/mol. The van der Waals surface area contributed by atoms with Gasteiger partial charge >= 0.3 is 0 Å². The Kier molecular flexibility index (Phi) is 6.91. The van der Waals surface area contributed by atoms with Crippen molar-refractivity contribution in [3.8, 4) is 11.5 Å². The fraction of sp³-hybridized carbons (Fsp3) is 0.350. The number of hydrogen-bond acceptors (Lipinski definition) is 7. The van der Waals surface area contributed by atoms with Gasteiger partial charge in [0.15, 0.2) is 5.82 Å². The van der Waals surface area contributed by atoms with Crippen LogP contribution in [0.15, 0.2) is 37.1 Å². The van der Waals surface area contributed by atoms with Crippen LogP contribution in [-0.2, 0) is 14.8 Å². The van der Waals surface area contributed by atoms with Gasteiger partial charge in [0.1, 0.15) is 16.5 Å². The highest BCUT2D eigenvalue weighted by Gasteiger charge is 2.40. The number of pyridine rings is 1. The summed E-state index contributed by atoms with van der Waals surface area (Å²) in [5.41, 5.74) is 0.937. The van der Waals surface area contributed by atoms with Gasteiger partial charge in [0, 0.05) is 32.4 Å². The molecule has 0 spiro atoms. The average Bonchev–Trinajstić information content (AvgIpc) is 2.76. The van der Waals surface area contributed by atoms with Crippen LogP contribution in [-0.4, -0.2) is 76.8 Å². The number of hydrogen-bond donors (Lipinski definition) is 1. The molecule has 0 radical (unpaired) electrons. The molecule has 2 amide bonds. The van der Waals surface area contributed by atoms with Crippen molar-refractivity contribution in [3.63, 3.8) is 0 Å². The topological polar surface area (TPSA) is 125 Å². The Balaban J connectivity index is 2.12. The second-order valence-electron chi connectivity index (χ2n) is 7.25. The fourth-order valence-corrected chi connectivity index (χ4v) is 5.08. The van der Waals surface area contributed by atoms with Crippen molar-refractivity contribution in [2.75, 3.05) is 26.4 Å². The maximum absolute atomic E-state index is 12.5. The van der Waals surface area contributed by atoms with Crippen LogP contribution in [0.4, 0.5) is 0 Å². The normalized spacial score (nSPS) is 19.4. The first-order chi connectivity index (χ1) is 15.1. The lowest BCUT2D eigenvalue weighted by Crippen LogP contribution is -2.56. The molecule has 3 rings (SSSR count). The maximum Gasteiger partial charge on any atom is 0.269 e. The molecule has 1 fully saturated rings. The van der Waals surface area contributed by atoms with Crippen LogP contribution in [0.3, 0.4) is 0 Å². The summed E-state index contributed by atoms with van der Waals surface area (Å²) in [6, 6.07) is 3.41. The van der Waals surface area contributed by atoms with Gasteiger partial charge in [-0.1, -0.05) is 18.2 Å². The molecule has 0 saturated carbocycles. The van der Waals surface area contributed by atoms with Crippen molar-refractivity contribution in [2.24, 2.45) is 0 Å². The molecule has 1 saturated heterocycles. The first-order valence-corrected chi connectivity index (χ1v) is 11.9. The van der Waals surface area contributed by atoms with Gasteiger partial charge in [0.25, 0.3) is 5.91 Å². The Hall–Kier alpha value is -2.89. The van der Waals surface area contributed by atoms with Gasteiger partial charge in [0.2, 0.25) is 15.9 Å². The summed E-state index contributed by atoms with van der Waals surface area (Å²) >= 11 is 6.27. The Morgan fingerprint density at radius 3 is 2.62 bits per heavy atom. The smallest absolute Gasteiger partial charge is 0.269 e. The molecule has 1 aliphatic rings. The molecule has 2 atom stereocenters. The van der Waals surface area contributed by atoms with E-state index in [1.165, 1.54) is 29.7 Å². The molecular formula is C20H23ClN6O4S. The number of nitrogens with zero attached hydrogens (tertiary/aromatic N) is 5. The third-order valence-corrected chi connectivity index (χ3v) is 6.66. The van der Waals surface area contributed by atoms with Gasteiger partial charge in [-0.15, -0.1) is 0 Å². The summed E-state index contributed by atoms with van der Waals surface area (Å²) in [6.07, 6.45) is 3.75. The zero-order chi connectivity index (χ0) is 23.6. The van der Waals surface area contributed by atoms with Crippen molar-refractivity contribution >= 4 is 33.4 Å². The maximum atomic E-state index is 12.5. The van der Waals surface area contributed by atoms with Crippen LogP contribution in [0.1, 0.15) is 29.0 Å². The number of amides is 2. The molecule has 0 bridgehead atoms. The molecule has 0 aliphatic carbocycles. The summed E-state index contributed by atoms with van der Waals surface area (Å²) in [5, 5.41) is 2.59. The number of sulfonamides is 1. The molecule has 1 N–H and O–H groups in total. The minimum Gasteiger partial charge on any atom is -0.354 e. The van der Waals surface area contributed by atoms with E-state index in [2.05, 4.69) is 26.8 Å². The van der Waals surface area contributed by atoms with E-state index >= 15 is 0 Å². The number of rotatable bonds is 5. The van der Waals surface area contributed by atoms with Gasteiger partial charge < -0.3 is 10.2 Å². The highest BCUT2D eigenvalue weighted by Crippen LogP contribution is 2.35. The second kappa shape index (κ2) is 9.31. The first-order valence-electron chi connectivity index (χ1n) is 9.69. The molecule has 12 heteroatoms. The van der Waals surface area contributed by atoms with Crippen LogP contribution < -0.4 is 5.32 Å². The van der Waals surface area contributed by atoms with Crippen molar-refractivity contribution in [1.82, 2.24) is 29.5 Å². The molecule has 0 unspecified atom stereocenters. The number of halogens is 1. The summed E-state index contributed by atoms with van der Waals surface area (Å²) in [7, 11) is -2.12. The lowest BCUT2D eigenvalue weighted by atomic mass is 9.96. The first kappa shape index (κ1) is 23.8. The van der Waals surface area contributed by atoms with Crippen LogP contribution >= 0.6 is 11.6 Å². The largest absolute Gasteiger partial charge is 0.354 e. The number of carbonyl (C=O) groups is 2. The summed E-state index contributed by atoms with van der Waals surface area (Å²) in [5.74, 6) is -0.528. The van der Waals surface area contributed by atoms with Crippen LogP contribution in [0.5, 0.6) is 0 Å².